The van der Waals surface area contributed by atoms with Crippen molar-refractivity contribution in [1.82, 2.24) is 15.1 Å². The monoisotopic (exact) mass is 761 g/mol. The minimum absolute atomic E-state index is 0.00492. The molecule has 0 aromatic heterocycles. The molecule has 2 saturated heterocycles. The number of piperidine rings is 2. The zero-order chi connectivity index (χ0) is 37.4. The van der Waals surface area contributed by atoms with Crippen molar-refractivity contribution in [2.75, 3.05) is 44.7 Å². The summed E-state index contributed by atoms with van der Waals surface area (Å²) in [5.74, 6) is -4.89. The fourth-order valence-corrected chi connectivity index (χ4v) is 11.3. The molecule has 2 heterocycles. The van der Waals surface area contributed by atoms with Crippen LogP contribution in [0.4, 0.5) is 31.1 Å². The zero-order valence-corrected chi connectivity index (χ0v) is 31.0. The number of hydrogen-bond acceptors (Lipinski definition) is 6. The Hall–Kier alpha value is -2.19. The lowest BCUT2D eigenvalue weighted by Gasteiger charge is -2.51. The van der Waals surface area contributed by atoms with Gasteiger partial charge in [0.1, 0.15) is 5.75 Å². The van der Waals surface area contributed by atoms with Gasteiger partial charge in [-0.15, -0.1) is 0 Å². The largest absolute Gasteiger partial charge is 0.453 e. The summed E-state index contributed by atoms with van der Waals surface area (Å²) >= 11 is 0. The van der Waals surface area contributed by atoms with Crippen LogP contribution in [-0.4, -0.2) is 101 Å². The second-order valence-corrected chi connectivity index (χ2v) is 18.0. The summed E-state index contributed by atoms with van der Waals surface area (Å²) < 4.78 is 97.6. The summed E-state index contributed by atoms with van der Waals surface area (Å²) in [5.41, 5.74) is 1.37. The van der Waals surface area contributed by atoms with Crippen molar-refractivity contribution < 1.29 is 44.9 Å². The fraction of sp³-hybridized carbons (Fsp3) is 0.789. The SMILES string of the molecule is CN1CCC(N2CCC(NC(=O)Oc3ccc4c(c3)C[C@@H](CCCS(=O)CCCC(F)(F)C(F)(F)F)[C@@H]3[C@@H]4CC[C@]4(C)C(=O)C(F)C[C@@H]34)CC2)CC1. The Bertz CT molecular complexity index is 1460. The van der Waals surface area contributed by atoms with Gasteiger partial charge in [0.05, 0.1) is 0 Å². The number of hydrogen-bond donors (Lipinski definition) is 1. The molecule has 5 aliphatic rings. The number of Topliss-reactive ketones (excluding diaryl/α,β-unsaturated/α-hetero) is 1. The zero-order valence-electron chi connectivity index (χ0n) is 30.2. The first-order valence-corrected chi connectivity index (χ1v) is 20.6. The number of amides is 1. The van der Waals surface area contributed by atoms with Crippen molar-refractivity contribution in [3.63, 3.8) is 0 Å². The quantitative estimate of drug-likeness (QED) is 0.237. The van der Waals surface area contributed by atoms with Crippen molar-refractivity contribution in [3.05, 3.63) is 29.3 Å². The van der Waals surface area contributed by atoms with E-state index in [1.807, 2.05) is 19.1 Å². The number of benzene rings is 1. The van der Waals surface area contributed by atoms with E-state index >= 15 is 0 Å². The van der Waals surface area contributed by atoms with Gasteiger partial charge in [0, 0.05) is 59.3 Å². The Balaban J connectivity index is 1.07. The molecule has 2 saturated carbocycles. The lowest BCUT2D eigenvalue weighted by Crippen LogP contribution is -2.51. The predicted molar refractivity (Wildman–Crippen MR) is 187 cm³/mol. The van der Waals surface area contributed by atoms with Gasteiger partial charge in [-0.1, -0.05) is 13.0 Å². The van der Waals surface area contributed by atoms with E-state index in [-0.39, 0.29) is 53.4 Å². The van der Waals surface area contributed by atoms with Crippen LogP contribution in [-0.2, 0) is 22.0 Å². The van der Waals surface area contributed by atoms with Crippen LogP contribution in [0.15, 0.2) is 18.2 Å². The van der Waals surface area contributed by atoms with E-state index in [0.29, 0.717) is 43.9 Å². The molecule has 1 aromatic carbocycles. The van der Waals surface area contributed by atoms with E-state index in [4.69, 9.17) is 4.74 Å². The second-order valence-electron chi connectivity index (χ2n) is 16.3. The van der Waals surface area contributed by atoms with Gasteiger partial charge in [0.15, 0.2) is 12.0 Å². The molecule has 3 aliphatic carbocycles. The van der Waals surface area contributed by atoms with Gasteiger partial charge in [0.2, 0.25) is 0 Å². The number of alkyl halides is 6. The number of halogens is 6. The normalized spacial score (nSPS) is 31.5. The van der Waals surface area contributed by atoms with Gasteiger partial charge < -0.3 is 19.9 Å². The molecule has 292 valence electrons. The maximum atomic E-state index is 15.0. The van der Waals surface area contributed by atoms with Gasteiger partial charge in [0.25, 0.3) is 0 Å². The molecule has 1 N–H and O–H groups in total. The van der Waals surface area contributed by atoms with Crippen LogP contribution in [0.3, 0.4) is 0 Å². The predicted octanol–water partition coefficient (Wildman–Crippen LogP) is 7.44. The molecule has 0 bridgehead atoms. The summed E-state index contributed by atoms with van der Waals surface area (Å²) in [6.07, 6.45) is -2.38. The van der Waals surface area contributed by atoms with Crippen LogP contribution in [0.2, 0.25) is 0 Å². The standard InChI is InChI=1S/C38H53F6N3O4S/c1-36-14-8-30-29-7-6-28(51-35(49)45-26-9-17-47(18-10-26)27-11-15-46(2)16-12-27)22-25(29)21-24(33(30)31(36)23-32(39)34(36)48)5-3-19-52(50)20-4-13-37(40,41)38(42,43)44/h6-7,22,24,26-27,30-33H,3-5,8-21,23H2,1-2H3,(H,45,49)/t24-,30-,31+,32?,33-,36+,52?/m1/s1. The number of nitrogens with zero attached hydrogens (tertiary/aromatic N) is 2. The first-order valence-electron chi connectivity index (χ1n) is 19.1. The average molecular weight is 762 g/mol. The molecule has 0 spiro atoms. The summed E-state index contributed by atoms with van der Waals surface area (Å²) in [7, 11) is 0.588. The summed E-state index contributed by atoms with van der Waals surface area (Å²) in [6.45, 7) is 5.98. The Morgan fingerprint density at radius 1 is 1.02 bits per heavy atom. The molecule has 0 radical (unpaired) electrons. The Kier molecular flexibility index (Phi) is 12.1. The Labute approximate surface area is 305 Å². The highest BCUT2D eigenvalue weighted by atomic mass is 32.2. The molecule has 2 unspecified atom stereocenters. The molecule has 52 heavy (non-hydrogen) atoms. The summed E-state index contributed by atoms with van der Waals surface area (Å²) in [5, 5.41) is 3.05. The number of carbonyl (C=O) groups is 2. The van der Waals surface area contributed by atoms with Gasteiger partial charge >= 0.3 is 18.2 Å². The topological polar surface area (TPSA) is 79.0 Å². The Morgan fingerprint density at radius 2 is 1.71 bits per heavy atom. The molecule has 4 fully saturated rings. The third-order valence-corrected chi connectivity index (χ3v) is 14.5. The van der Waals surface area contributed by atoms with Gasteiger partial charge in [-0.05, 0) is 138 Å². The average Bonchev–Trinajstić information content (AvgIpc) is 3.32. The number of likely N-dealkylation sites (tertiary alicyclic amines) is 2. The molecule has 1 amide bonds. The Morgan fingerprint density at radius 3 is 2.40 bits per heavy atom. The van der Waals surface area contributed by atoms with Gasteiger partial charge in [-0.25, -0.2) is 9.18 Å². The maximum Gasteiger partial charge on any atom is 0.453 e. The molecule has 6 rings (SSSR count). The maximum absolute atomic E-state index is 15.0. The number of fused-ring (bicyclic) bond motifs is 5. The van der Waals surface area contributed by atoms with Crippen LogP contribution in [0.5, 0.6) is 5.75 Å². The number of carbonyl (C=O) groups excluding carboxylic acids is 2. The van der Waals surface area contributed by atoms with E-state index < -0.39 is 53.4 Å². The van der Waals surface area contributed by atoms with Crippen molar-refractivity contribution >= 4 is 22.7 Å². The van der Waals surface area contributed by atoms with Crippen molar-refractivity contribution in [1.29, 1.82) is 0 Å². The minimum Gasteiger partial charge on any atom is -0.410 e. The molecular formula is C38H53F6N3O4S. The highest BCUT2D eigenvalue weighted by Gasteiger charge is 2.60. The van der Waals surface area contributed by atoms with Crippen molar-refractivity contribution in [2.24, 2.45) is 23.2 Å². The smallest absolute Gasteiger partial charge is 0.410 e. The van der Waals surface area contributed by atoms with Crippen molar-refractivity contribution in [3.8, 4) is 5.75 Å². The van der Waals surface area contributed by atoms with E-state index in [0.717, 1.165) is 50.1 Å². The molecular weight excluding hydrogens is 708 g/mol. The van der Waals surface area contributed by atoms with Crippen LogP contribution < -0.4 is 10.1 Å². The molecule has 14 heteroatoms. The van der Waals surface area contributed by atoms with E-state index in [1.54, 1.807) is 6.07 Å². The first kappa shape index (κ1) is 39.5. The minimum atomic E-state index is -5.63. The summed E-state index contributed by atoms with van der Waals surface area (Å²) in [4.78, 5) is 30.9. The van der Waals surface area contributed by atoms with Crippen LogP contribution in [0.1, 0.15) is 94.6 Å². The van der Waals surface area contributed by atoms with Gasteiger partial charge in [-0.2, -0.15) is 22.0 Å². The van der Waals surface area contributed by atoms with E-state index in [9.17, 15) is 40.1 Å². The number of rotatable bonds is 11. The van der Waals surface area contributed by atoms with Crippen LogP contribution in [0, 0.1) is 23.2 Å². The molecule has 7 atom stereocenters. The van der Waals surface area contributed by atoms with Crippen molar-refractivity contribution in [2.45, 2.75) is 120 Å². The first-order chi connectivity index (χ1) is 24.6. The van der Waals surface area contributed by atoms with Gasteiger partial charge in [-0.3, -0.25) is 9.00 Å². The van der Waals surface area contributed by atoms with Crippen LogP contribution in [0.25, 0.3) is 0 Å². The van der Waals surface area contributed by atoms with E-state index in [1.165, 1.54) is 12.8 Å². The third kappa shape index (κ3) is 8.53. The van der Waals surface area contributed by atoms with Crippen LogP contribution >= 0.6 is 0 Å². The number of ketones is 1. The lowest BCUT2D eigenvalue weighted by atomic mass is 9.52. The molecule has 2 aliphatic heterocycles. The molecule has 7 nitrogen and oxygen atoms in total. The lowest BCUT2D eigenvalue weighted by molar-refractivity contribution is -0.284. The molecule has 1 aromatic rings. The second kappa shape index (κ2) is 15.9. The fourth-order valence-electron chi connectivity index (χ4n) is 10.1. The number of ether oxygens (including phenoxy) is 1. The summed E-state index contributed by atoms with van der Waals surface area (Å²) in [6, 6.07) is 6.32. The highest BCUT2D eigenvalue weighted by Crippen LogP contribution is 2.62. The highest BCUT2D eigenvalue weighted by molar-refractivity contribution is 7.84. The number of nitrogens with one attached hydrogen (secondary N) is 1. The third-order valence-electron chi connectivity index (χ3n) is 13.1. The van der Waals surface area contributed by atoms with E-state index in [2.05, 4.69) is 22.2 Å².